The predicted octanol–water partition coefficient (Wildman–Crippen LogP) is 0.713. The second kappa shape index (κ2) is 4.06. The molecule has 0 atom stereocenters. The first kappa shape index (κ1) is 11.1. The predicted molar refractivity (Wildman–Crippen MR) is 56.6 cm³/mol. The first-order valence-corrected chi connectivity index (χ1v) is 4.33. The van der Waals surface area contributed by atoms with Gasteiger partial charge < -0.3 is 5.32 Å². The van der Waals surface area contributed by atoms with Crippen LogP contribution in [-0.4, -0.2) is 16.0 Å². The summed E-state index contributed by atoms with van der Waals surface area (Å²) >= 11 is 5.66. The highest BCUT2D eigenvalue weighted by molar-refractivity contribution is 6.32. The van der Waals surface area contributed by atoms with Crippen molar-refractivity contribution in [3.8, 4) is 0 Å². The minimum absolute atomic E-state index is 0. The zero-order valence-corrected chi connectivity index (χ0v) is 8.67. The van der Waals surface area contributed by atoms with E-state index in [-0.39, 0.29) is 17.4 Å². The van der Waals surface area contributed by atoms with E-state index in [0.717, 1.165) is 12.8 Å². The van der Waals surface area contributed by atoms with Crippen molar-refractivity contribution in [2.24, 2.45) is 0 Å². The molecule has 3 N–H and O–H groups in total. The lowest BCUT2D eigenvalue weighted by atomic mass is 10.5. The third-order valence-corrected chi connectivity index (χ3v) is 2.17. The Morgan fingerprint density at radius 3 is 2.50 bits per heavy atom. The van der Waals surface area contributed by atoms with Gasteiger partial charge in [0, 0.05) is 6.04 Å². The smallest absolute Gasteiger partial charge is 0.327 e. The summed E-state index contributed by atoms with van der Waals surface area (Å²) in [5.74, 6) is 0.318. The van der Waals surface area contributed by atoms with Gasteiger partial charge in [0.2, 0.25) is 0 Å². The molecule has 1 aliphatic carbocycles. The summed E-state index contributed by atoms with van der Waals surface area (Å²) in [4.78, 5) is 26.3. The number of aromatic amines is 2. The third-order valence-electron chi connectivity index (χ3n) is 1.81. The molecule has 0 amide bonds. The van der Waals surface area contributed by atoms with Crippen LogP contribution >= 0.6 is 24.0 Å². The second-order valence-corrected chi connectivity index (χ2v) is 3.39. The maximum absolute atomic E-state index is 11.0. The SMILES string of the molecule is Cl.O=c1[nH]c(NC2CC2)c(Cl)c(=O)[nH]1. The first-order chi connectivity index (χ1) is 6.16. The van der Waals surface area contributed by atoms with E-state index in [0.29, 0.717) is 11.9 Å². The lowest BCUT2D eigenvalue weighted by Crippen LogP contribution is -2.24. The molecule has 1 aliphatic rings. The Morgan fingerprint density at radius 2 is 1.93 bits per heavy atom. The molecule has 0 bridgehead atoms. The summed E-state index contributed by atoms with van der Waals surface area (Å²) in [5, 5.41) is 2.96. The molecule has 14 heavy (non-hydrogen) atoms. The van der Waals surface area contributed by atoms with E-state index in [2.05, 4.69) is 10.3 Å². The fourth-order valence-electron chi connectivity index (χ4n) is 1.00. The van der Waals surface area contributed by atoms with E-state index in [4.69, 9.17) is 11.6 Å². The van der Waals surface area contributed by atoms with Crippen molar-refractivity contribution in [2.45, 2.75) is 18.9 Å². The molecular weight excluding hydrogens is 229 g/mol. The number of anilines is 1. The summed E-state index contributed by atoms with van der Waals surface area (Å²) in [6.45, 7) is 0. The molecule has 1 heterocycles. The number of H-pyrrole nitrogens is 2. The fraction of sp³-hybridized carbons (Fsp3) is 0.429. The van der Waals surface area contributed by atoms with Crippen LogP contribution in [0.1, 0.15) is 12.8 Å². The van der Waals surface area contributed by atoms with Gasteiger partial charge in [-0.05, 0) is 12.8 Å². The number of nitrogens with one attached hydrogen (secondary N) is 3. The average Bonchev–Trinajstić information content (AvgIpc) is 2.83. The molecule has 0 spiro atoms. The van der Waals surface area contributed by atoms with E-state index in [1.54, 1.807) is 0 Å². The summed E-state index contributed by atoms with van der Waals surface area (Å²) in [5.41, 5.74) is -1.11. The first-order valence-electron chi connectivity index (χ1n) is 3.95. The van der Waals surface area contributed by atoms with Gasteiger partial charge in [-0.3, -0.25) is 14.8 Å². The van der Waals surface area contributed by atoms with Gasteiger partial charge in [-0.2, -0.15) is 0 Å². The number of hydrogen-bond acceptors (Lipinski definition) is 3. The Kier molecular flexibility index (Phi) is 3.23. The van der Waals surface area contributed by atoms with Gasteiger partial charge in [0.15, 0.2) is 0 Å². The van der Waals surface area contributed by atoms with Crippen molar-refractivity contribution in [1.82, 2.24) is 9.97 Å². The zero-order chi connectivity index (χ0) is 9.42. The topological polar surface area (TPSA) is 77.8 Å². The van der Waals surface area contributed by atoms with E-state index >= 15 is 0 Å². The van der Waals surface area contributed by atoms with Crippen molar-refractivity contribution >= 4 is 29.8 Å². The van der Waals surface area contributed by atoms with Crippen LogP contribution < -0.4 is 16.6 Å². The standard InChI is InChI=1S/C7H8ClN3O2.ClH/c8-4-5(9-3-1-2-3)10-7(13)11-6(4)12;/h3H,1-2H2,(H3,9,10,11,12,13);1H. The molecular formula is C7H9Cl2N3O2. The molecule has 7 heteroatoms. The van der Waals surface area contributed by atoms with Crippen LogP contribution in [0.2, 0.25) is 5.02 Å². The van der Waals surface area contributed by atoms with Crippen LogP contribution in [0, 0.1) is 0 Å². The van der Waals surface area contributed by atoms with Gasteiger partial charge in [-0.1, -0.05) is 11.6 Å². The highest BCUT2D eigenvalue weighted by atomic mass is 35.5. The highest BCUT2D eigenvalue weighted by Gasteiger charge is 2.22. The summed E-state index contributed by atoms with van der Waals surface area (Å²) < 4.78 is 0. The normalized spacial score (nSPS) is 14.6. The molecule has 0 aromatic carbocycles. The number of halogens is 2. The minimum Gasteiger partial charge on any atom is -0.367 e. The van der Waals surface area contributed by atoms with E-state index in [1.165, 1.54) is 0 Å². The van der Waals surface area contributed by atoms with Crippen LogP contribution in [0.5, 0.6) is 0 Å². The maximum atomic E-state index is 11.0. The van der Waals surface area contributed by atoms with Gasteiger partial charge in [0.1, 0.15) is 10.8 Å². The lowest BCUT2D eigenvalue weighted by Gasteiger charge is -2.03. The van der Waals surface area contributed by atoms with Crippen molar-refractivity contribution in [2.75, 3.05) is 5.32 Å². The number of rotatable bonds is 2. The molecule has 1 fully saturated rings. The molecule has 2 rings (SSSR count). The molecule has 0 saturated heterocycles. The largest absolute Gasteiger partial charge is 0.367 e. The lowest BCUT2D eigenvalue weighted by molar-refractivity contribution is 1.01. The fourth-order valence-corrected chi connectivity index (χ4v) is 1.15. The van der Waals surface area contributed by atoms with Crippen LogP contribution in [-0.2, 0) is 0 Å². The Hall–Kier alpha value is -0.940. The van der Waals surface area contributed by atoms with E-state index in [9.17, 15) is 9.59 Å². The van der Waals surface area contributed by atoms with Crippen LogP contribution in [0.3, 0.4) is 0 Å². The van der Waals surface area contributed by atoms with Gasteiger partial charge in [-0.15, -0.1) is 12.4 Å². The Labute approximate surface area is 90.3 Å². The highest BCUT2D eigenvalue weighted by Crippen LogP contribution is 2.25. The molecule has 0 radical (unpaired) electrons. The Bertz CT molecular complexity index is 435. The van der Waals surface area contributed by atoms with Crippen LogP contribution in [0.15, 0.2) is 9.59 Å². The number of hydrogen-bond donors (Lipinski definition) is 3. The second-order valence-electron chi connectivity index (χ2n) is 3.02. The average molecular weight is 238 g/mol. The van der Waals surface area contributed by atoms with Crippen LogP contribution in [0.25, 0.3) is 0 Å². The van der Waals surface area contributed by atoms with Crippen molar-refractivity contribution in [1.29, 1.82) is 0 Å². The third kappa shape index (κ3) is 2.30. The van der Waals surface area contributed by atoms with Gasteiger partial charge in [-0.25, -0.2) is 4.79 Å². The maximum Gasteiger partial charge on any atom is 0.327 e. The quantitative estimate of drug-likeness (QED) is 0.710. The van der Waals surface area contributed by atoms with E-state index < -0.39 is 11.2 Å². The summed E-state index contributed by atoms with van der Waals surface area (Å²) in [6, 6.07) is 0.343. The molecule has 1 aromatic rings. The van der Waals surface area contributed by atoms with Crippen molar-refractivity contribution < 1.29 is 0 Å². The van der Waals surface area contributed by atoms with Crippen molar-refractivity contribution in [3.63, 3.8) is 0 Å². The Balaban J connectivity index is 0.000000980. The van der Waals surface area contributed by atoms with Crippen LogP contribution in [0.4, 0.5) is 5.82 Å². The molecule has 1 aromatic heterocycles. The minimum atomic E-state index is -0.562. The molecule has 5 nitrogen and oxygen atoms in total. The molecule has 1 saturated carbocycles. The molecule has 78 valence electrons. The number of aromatic nitrogens is 2. The van der Waals surface area contributed by atoms with Gasteiger partial charge in [0.25, 0.3) is 5.56 Å². The monoisotopic (exact) mass is 237 g/mol. The van der Waals surface area contributed by atoms with Gasteiger partial charge in [0.05, 0.1) is 0 Å². The summed E-state index contributed by atoms with van der Waals surface area (Å²) in [7, 11) is 0. The molecule has 0 unspecified atom stereocenters. The van der Waals surface area contributed by atoms with Crippen molar-refractivity contribution in [3.05, 3.63) is 25.9 Å². The van der Waals surface area contributed by atoms with E-state index in [1.807, 2.05) is 4.98 Å². The Morgan fingerprint density at radius 1 is 1.29 bits per heavy atom. The summed E-state index contributed by atoms with van der Waals surface area (Å²) in [6.07, 6.45) is 2.09. The van der Waals surface area contributed by atoms with Gasteiger partial charge >= 0.3 is 5.69 Å². The molecule has 0 aliphatic heterocycles. The zero-order valence-electron chi connectivity index (χ0n) is 7.09.